The van der Waals surface area contributed by atoms with Crippen LogP contribution < -0.4 is 10.1 Å². The highest BCUT2D eigenvalue weighted by Crippen LogP contribution is 2.28. The Morgan fingerprint density at radius 1 is 1.57 bits per heavy atom. The maximum Gasteiger partial charge on any atom is 0.262 e. The minimum absolute atomic E-state index is 0. The number of benzene rings is 1. The van der Waals surface area contributed by atoms with E-state index in [4.69, 9.17) is 4.74 Å². The van der Waals surface area contributed by atoms with Crippen LogP contribution in [0.25, 0.3) is 0 Å². The topological polar surface area (TPSA) is 38.3 Å². The zero-order chi connectivity index (χ0) is 9.97. The van der Waals surface area contributed by atoms with Crippen LogP contribution in [0.5, 0.6) is 5.75 Å². The highest BCUT2D eigenvalue weighted by atomic mass is 16.5. The average molecular weight is 193 g/mol. The summed E-state index contributed by atoms with van der Waals surface area (Å²) in [6.45, 7) is 2.26. The third-order valence-electron chi connectivity index (χ3n) is 2.22. The molecule has 0 spiro atoms. The smallest absolute Gasteiger partial charge is 0.262 e. The van der Waals surface area contributed by atoms with E-state index in [-0.39, 0.29) is 13.9 Å². The molecule has 0 unspecified atom stereocenters. The first-order chi connectivity index (χ1) is 6.79. The molecule has 0 saturated carbocycles. The van der Waals surface area contributed by atoms with Crippen molar-refractivity contribution in [3.63, 3.8) is 0 Å². The fraction of sp³-hybridized carbons (Fsp3) is 0.364. The molecule has 1 aliphatic heterocycles. The van der Waals surface area contributed by atoms with Gasteiger partial charge in [-0.05, 0) is 24.1 Å². The lowest BCUT2D eigenvalue weighted by Crippen LogP contribution is -2.25. The van der Waals surface area contributed by atoms with Crippen LogP contribution in [0.2, 0.25) is 0 Å². The minimum Gasteiger partial charge on any atom is -0.482 e. The van der Waals surface area contributed by atoms with Crippen molar-refractivity contribution in [3.8, 4) is 5.75 Å². The molecular formula is C11H15NO2. The van der Waals surface area contributed by atoms with Crippen LogP contribution in [0.3, 0.4) is 0 Å². The predicted octanol–water partition coefficient (Wildman–Crippen LogP) is 2.22. The van der Waals surface area contributed by atoms with Crippen molar-refractivity contribution in [2.45, 2.75) is 19.8 Å². The number of anilines is 1. The predicted molar refractivity (Wildman–Crippen MR) is 56.7 cm³/mol. The molecule has 0 atom stereocenters. The maximum absolute atomic E-state index is 11.1. The summed E-state index contributed by atoms with van der Waals surface area (Å²) in [7, 11) is 0. The molecule has 1 heterocycles. The molecule has 3 nitrogen and oxygen atoms in total. The number of ether oxygens (including phenoxy) is 1. The lowest BCUT2D eigenvalue weighted by atomic mass is 10.1. The fourth-order valence-electron chi connectivity index (χ4n) is 1.57. The molecule has 0 saturated heterocycles. The highest BCUT2D eigenvalue weighted by molar-refractivity contribution is 5.95. The van der Waals surface area contributed by atoms with Gasteiger partial charge >= 0.3 is 0 Å². The second-order valence-electron chi connectivity index (χ2n) is 3.42. The van der Waals surface area contributed by atoms with E-state index in [1.54, 1.807) is 0 Å². The molecule has 1 aromatic carbocycles. The summed E-state index contributed by atoms with van der Waals surface area (Å²) in [6.07, 6.45) is 2.14. The van der Waals surface area contributed by atoms with Crippen LogP contribution in [0.1, 0.15) is 20.3 Å². The zero-order valence-electron chi connectivity index (χ0n) is 8.17. The van der Waals surface area contributed by atoms with E-state index in [1.165, 1.54) is 5.56 Å². The molecule has 0 aromatic heterocycles. The quantitative estimate of drug-likeness (QED) is 0.782. The van der Waals surface area contributed by atoms with Crippen LogP contribution in [-0.2, 0) is 11.2 Å². The van der Waals surface area contributed by atoms with Gasteiger partial charge in [0.15, 0.2) is 6.61 Å². The van der Waals surface area contributed by atoms with Gasteiger partial charge in [0.25, 0.3) is 5.91 Å². The third kappa shape index (κ3) is 1.71. The number of carbonyl (C=O) groups is 1. The Labute approximate surface area is 84.6 Å². The van der Waals surface area contributed by atoms with Crippen molar-refractivity contribution in [2.24, 2.45) is 0 Å². The number of amides is 1. The van der Waals surface area contributed by atoms with Gasteiger partial charge < -0.3 is 10.1 Å². The second kappa shape index (κ2) is 3.70. The van der Waals surface area contributed by atoms with Crippen LogP contribution in [0.15, 0.2) is 18.2 Å². The van der Waals surface area contributed by atoms with Gasteiger partial charge in [-0.3, -0.25) is 4.79 Å². The van der Waals surface area contributed by atoms with Gasteiger partial charge in [0.2, 0.25) is 0 Å². The first kappa shape index (κ1) is 9.06. The van der Waals surface area contributed by atoms with Crippen molar-refractivity contribution in [1.82, 2.24) is 0 Å². The Balaban J connectivity index is 0.00000112. The van der Waals surface area contributed by atoms with E-state index in [0.717, 1.165) is 24.3 Å². The molecule has 0 bridgehead atoms. The molecule has 1 N–H and O–H groups in total. The molecule has 14 heavy (non-hydrogen) atoms. The lowest BCUT2D eigenvalue weighted by Gasteiger charge is -2.18. The number of rotatable bonds is 2. The van der Waals surface area contributed by atoms with E-state index < -0.39 is 0 Å². The van der Waals surface area contributed by atoms with Crippen molar-refractivity contribution in [2.75, 3.05) is 11.9 Å². The number of nitrogens with one attached hydrogen (secondary N) is 1. The number of hydrogen-bond donors (Lipinski definition) is 1. The van der Waals surface area contributed by atoms with E-state index in [0.29, 0.717) is 0 Å². The van der Waals surface area contributed by atoms with Gasteiger partial charge in [0.1, 0.15) is 5.75 Å². The standard InChI is InChI=1S/C11H13NO2.H2/c1-2-3-8-4-5-10-9(6-8)12-11(13)7-14-10;/h4-6H,2-3,7H2,1H3,(H,12,13);1H. The van der Waals surface area contributed by atoms with Gasteiger partial charge in [-0.2, -0.15) is 0 Å². The number of aryl methyl sites for hydroxylation is 1. The number of carbonyl (C=O) groups excluding carboxylic acids is 1. The molecule has 1 aromatic rings. The van der Waals surface area contributed by atoms with Crippen LogP contribution in [0.4, 0.5) is 5.69 Å². The summed E-state index contributed by atoms with van der Waals surface area (Å²) in [5.41, 5.74) is 2.03. The first-order valence-corrected chi connectivity index (χ1v) is 4.85. The average Bonchev–Trinajstić information content (AvgIpc) is 2.17. The Morgan fingerprint density at radius 3 is 3.21 bits per heavy atom. The molecule has 0 radical (unpaired) electrons. The number of fused-ring (bicyclic) bond motifs is 1. The Bertz CT molecular complexity index is 366. The molecule has 76 valence electrons. The summed E-state index contributed by atoms with van der Waals surface area (Å²) < 4.78 is 5.26. The number of hydrogen-bond acceptors (Lipinski definition) is 2. The van der Waals surface area contributed by atoms with Crippen LogP contribution >= 0.6 is 0 Å². The van der Waals surface area contributed by atoms with Gasteiger partial charge in [0, 0.05) is 1.43 Å². The van der Waals surface area contributed by atoms with Crippen molar-refractivity contribution >= 4 is 11.6 Å². The van der Waals surface area contributed by atoms with Gasteiger partial charge in [-0.25, -0.2) is 0 Å². The summed E-state index contributed by atoms with van der Waals surface area (Å²) in [6, 6.07) is 5.94. The van der Waals surface area contributed by atoms with Gasteiger partial charge in [0.05, 0.1) is 5.69 Å². The molecule has 3 heteroatoms. The largest absolute Gasteiger partial charge is 0.482 e. The molecule has 1 amide bonds. The van der Waals surface area contributed by atoms with Crippen molar-refractivity contribution in [1.29, 1.82) is 0 Å². The second-order valence-corrected chi connectivity index (χ2v) is 3.42. The molecule has 2 rings (SSSR count). The SMILES string of the molecule is CCCc1ccc2c(c1)NC(=O)CO2.[HH]. The van der Waals surface area contributed by atoms with E-state index in [1.807, 2.05) is 18.2 Å². The van der Waals surface area contributed by atoms with E-state index >= 15 is 0 Å². The normalized spacial score (nSPS) is 14.2. The highest BCUT2D eigenvalue weighted by Gasteiger charge is 2.15. The van der Waals surface area contributed by atoms with Crippen LogP contribution in [-0.4, -0.2) is 12.5 Å². The van der Waals surface area contributed by atoms with E-state index in [9.17, 15) is 4.79 Å². The monoisotopic (exact) mass is 193 g/mol. The molecule has 0 fully saturated rings. The minimum atomic E-state index is -0.0776. The molecular weight excluding hydrogens is 178 g/mol. The summed E-state index contributed by atoms with van der Waals surface area (Å²) in [5, 5.41) is 2.79. The molecule has 1 aliphatic rings. The first-order valence-electron chi connectivity index (χ1n) is 4.85. The zero-order valence-corrected chi connectivity index (χ0v) is 8.17. The van der Waals surface area contributed by atoms with Gasteiger partial charge in [-0.1, -0.05) is 19.4 Å². The van der Waals surface area contributed by atoms with Crippen molar-refractivity contribution in [3.05, 3.63) is 23.8 Å². The Hall–Kier alpha value is -1.51. The Morgan fingerprint density at radius 2 is 2.43 bits per heavy atom. The van der Waals surface area contributed by atoms with Gasteiger partial charge in [-0.15, -0.1) is 0 Å². The Kier molecular flexibility index (Phi) is 2.39. The third-order valence-corrected chi connectivity index (χ3v) is 2.22. The lowest BCUT2D eigenvalue weighted by molar-refractivity contribution is -0.118. The summed E-state index contributed by atoms with van der Waals surface area (Å²) >= 11 is 0. The fourth-order valence-corrected chi connectivity index (χ4v) is 1.57. The molecule has 0 aliphatic carbocycles. The van der Waals surface area contributed by atoms with Crippen molar-refractivity contribution < 1.29 is 11.0 Å². The maximum atomic E-state index is 11.1. The summed E-state index contributed by atoms with van der Waals surface area (Å²) in [5.74, 6) is 0.690. The van der Waals surface area contributed by atoms with E-state index in [2.05, 4.69) is 12.2 Å². The van der Waals surface area contributed by atoms with Crippen LogP contribution in [0, 0.1) is 0 Å². The summed E-state index contributed by atoms with van der Waals surface area (Å²) in [4.78, 5) is 11.1.